The number of nitrogen functional groups attached to an aromatic ring is 1. The van der Waals surface area contributed by atoms with Crippen molar-refractivity contribution in [1.29, 1.82) is 0 Å². The van der Waals surface area contributed by atoms with Gasteiger partial charge in [-0.05, 0) is 17.7 Å². The maximum absolute atomic E-state index is 12.7. The number of hydrogen-bond donors (Lipinski definition) is 1. The van der Waals surface area contributed by atoms with Crippen molar-refractivity contribution in [3.63, 3.8) is 0 Å². The van der Waals surface area contributed by atoms with Crippen molar-refractivity contribution in [3.05, 3.63) is 91.6 Å². The third kappa shape index (κ3) is 3.84. The number of carbonyl (C=O) groups is 1. The largest absolute Gasteiger partial charge is 0.484 e. The molecule has 7 nitrogen and oxygen atoms in total. The van der Waals surface area contributed by atoms with Crippen LogP contribution in [-0.4, -0.2) is 21.5 Å². The Kier molecular flexibility index (Phi) is 5.65. The van der Waals surface area contributed by atoms with Gasteiger partial charge in [0.15, 0.2) is 6.61 Å². The van der Waals surface area contributed by atoms with Crippen molar-refractivity contribution < 1.29 is 9.53 Å². The first-order valence-electron chi connectivity index (χ1n) is 8.44. The Hall–Kier alpha value is -3.32. The topological polar surface area (TPSA) is 96.3 Å². The molecule has 3 aromatic rings. The van der Waals surface area contributed by atoms with E-state index in [0.29, 0.717) is 10.8 Å². The molecule has 0 unspecified atom stereocenters. The van der Waals surface area contributed by atoms with Crippen LogP contribution in [0.5, 0.6) is 5.75 Å². The smallest absolute Gasteiger partial charge is 0.332 e. The Morgan fingerprint density at radius 2 is 1.71 bits per heavy atom. The summed E-state index contributed by atoms with van der Waals surface area (Å²) in [4.78, 5) is 37.7. The van der Waals surface area contributed by atoms with Gasteiger partial charge in [0, 0.05) is 7.05 Å². The van der Waals surface area contributed by atoms with Gasteiger partial charge in [-0.3, -0.25) is 18.7 Å². The van der Waals surface area contributed by atoms with E-state index in [1.807, 2.05) is 30.3 Å². The third-order valence-corrected chi connectivity index (χ3v) is 4.55. The molecule has 2 N–H and O–H groups in total. The molecule has 0 saturated carbocycles. The van der Waals surface area contributed by atoms with Gasteiger partial charge in [-0.15, -0.1) is 0 Å². The van der Waals surface area contributed by atoms with Gasteiger partial charge in [-0.25, -0.2) is 4.79 Å². The molecule has 1 aromatic heterocycles. The number of carbonyl (C=O) groups excluding carboxylic acids is 1. The van der Waals surface area contributed by atoms with Gasteiger partial charge in [0.25, 0.3) is 5.56 Å². The van der Waals surface area contributed by atoms with Gasteiger partial charge >= 0.3 is 5.69 Å². The fraction of sp³-hybridized carbons (Fsp3) is 0.150. The second-order valence-corrected chi connectivity index (χ2v) is 6.53. The van der Waals surface area contributed by atoms with Gasteiger partial charge < -0.3 is 10.5 Å². The maximum atomic E-state index is 12.7. The van der Waals surface area contributed by atoms with Crippen LogP contribution in [0.2, 0.25) is 5.02 Å². The Bertz CT molecular complexity index is 1140. The van der Waals surface area contributed by atoms with Gasteiger partial charge in [-0.2, -0.15) is 0 Å². The molecular weight excluding hydrogens is 382 g/mol. The van der Waals surface area contributed by atoms with Crippen molar-refractivity contribution in [2.75, 3.05) is 12.3 Å². The molecule has 0 amide bonds. The van der Waals surface area contributed by atoms with Crippen molar-refractivity contribution in [1.82, 2.24) is 9.13 Å². The summed E-state index contributed by atoms with van der Waals surface area (Å²) >= 11 is 6.01. The number of ether oxygens (including phenoxy) is 1. The maximum Gasteiger partial charge on any atom is 0.332 e. The molecule has 0 fully saturated rings. The summed E-state index contributed by atoms with van der Waals surface area (Å²) in [7, 11) is 1.30. The van der Waals surface area contributed by atoms with E-state index >= 15 is 0 Å². The summed E-state index contributed by atoms with van der Waals surface area (Å²) in [6, 6.07) is 15.8. The fourth-order valence-corrected chi connectivity index (χ4v) is 2.93. The SMILES string of the molecule is Cn1c(=O)c(C(=O)COc2ccccc2Cl)c(N)n(Cc2ccccc2)c1=O. The highest BCUT2D eigenvalue weighted by atomic mass is 35.5. The number of hydrogen-bond acceptors (Lipinski definition) is 5. The number of nitrogens with zero attached hydrogens (tertiary/aromatic N) is 2. The highest BCUT2D eigenvalue weighted by Gasteiger charge is 2.22. The lowest BCUT2D eigenvalue weighted by atomic mass is 10.2. The molecule has 0 atom stereocenters. The molecule has 0 radical (unpaired) electrons. The zero-order valence-electron chi connectivity index (χ0n) is 15.1. The van der Waals surface area contributed by atoms with E-state index < -0.39 is 23.6 Å². The molecule has 0 aliphatic rings. The summed E-state index contributed by atoms with van der Waals surface area (Å²) in [6.45, 7) is -0.308. The van der Waals surface area contributed by atoms with Crippen LogP contribution in [-0.2, 0) is 13.6 Å². The second kappa shape index (κ2) is 8.14. The third-order valence-electron chi connectivity index (χ3n) is 4.24. The van der Waals surface area contributed by atoms with Crippen molar-refractivity contribution in [2.24, 2.45) is 7.05 Å². The van der Waals surface area contributed by atoms with Crippen LogP contribution in [0.4, 0.5) is 5.82 Å². The number of anilines is 1. The van der Waals surface area contributed by atoms with Crippen LogP contribution in [0, 0.1) is 0 Å². The van der Waals surface area contributed by atoms with E-state index in [1.54, 1.807) is 24.3 Å². The Balaban J connectivity index is 1.96. The Morgan fingerprint density at radius 1 is 1.07 bits per heavy atom. The number of nitrogens with two attached hydrogens (primary N) is 1. The van der Waals surface area contributed by atoms with E-state index in [1.165, 1.54) is 11.6 Å². The molecule has 0 bridgehead atoms. The highest BCUT2D eigenvalue weighted by Crippen LogP contribution is 2.23. The van der Waals surface area contributed by atoms with Crippen molar-refractivity contribution in [3.8, 4) is 5.75 Å². The average Bonchev–Trinajstić information content (AvgIpc) is 2.70. The van der Waals surface area contributed by atoms with E-state index in [4.69, 9.17) is 22.1 Å². The minimum absolute atomic E-state index is 0.130. The highest BCUT2D eigenvalue weighted by molar-refractivity contribution is 6.32. The second-order valence-electron chi connectivity index (χ2n) is 6.12. The van der Waals surface area contributed by atoms with Crippen molar-refractivity contribution >= 4 is 23.2 Å². The molecule has 1 heterocycles. The number of Topliss-reactive ketones (excluding diaryl/α,β-unsaturated/α-hetero) is 1. The van der Waals surface area contributed by atoms with Gasteiger partial charge in [-0.1, -0.05) is 54.1 Å². The molecular formula is C20H18ClN3O4. The first-order valence-corrected chi connectivity index (χ1v) is 8.81. The molecule has 8 heteroatoms. The van der Waals surface area contributed by atoms with Crippen LogP contribution in [0.25, 0.3) is 0 Å². The summed E-state index contributed by atoms with van der Waals surface area (Å²) in [5.74, 6) is -0.518. The molecule has 28 heavy (non-hydrogen) atoms. The average molecular weight is 400 g/mol. The van der Waals surface area contributed by atoms with Gasteiger partial charge in [0.2, 0.25) is 5.78 Å². The molecule has 0 aliphatic heterocycles. The van der Waals surface area contributed by atoms with Gasteiger partial charge in [0.1, 0.15) is 17.1 Å². The van der Waals surface area contributed by atoms with Gasteiger partial charge in [0.05, 0.1) is 11.6 Å². The Morgan fingerprint density at radius 3 is 2.39 bits per heavy atom. The predicted octanol–water partition coefficient (Wildman–Crippen LogP) is 2.09. The molecule has 3 rings (SSSR count). The minimum atomic E-state index is -0.764. The summed E-state index contributed by atoms with van der Waals surface area (Å²) < 4.78 is 7.48. The lowest BCUT2D eigenvalue weighted by Crippen LogP contribution is -2.43. The lowest BCUT2D eigenvalue weighted by Gasteiger charge is -2.15. The first kappa shape index (κ1) is 19.4. The van der Waals surface area contributed by atoms with E-state index in [9.17, 15) is 14.4 Å². The molecule has 144 valence electrons. The molecule has 0 aliphatic carbocycles. The van der Waals surface area contributed by atoms with E-state index in [2.05, 4.69) is 0 Å². The summed E-state index contributed by atoms with van der Waals surface area (Å²) in [5, 5.41) is 0.338. The molecule has 0 saturated heterocycles. The van der Waals surface area contributed by atoms with Crippen LogP contribution in [0.15, 0.2) is 64.2 Å². The number of rotatable bonds is 6. The molecule has 0 spiro atoms. The first-order chi connectivity index (χ1) is 13.4. The zero-order valence-corrected chi connectivity index (χ0v) is 15.8. The Labute approximate surface area is 165 Å². The lowest BCUT2D eigenvalue weighted by molar-refractivity contribution is 0.0919. The quantitative estimate of drug-likeness (QED) is 0.640. The van der Waals surface area contributed by atoms with E-state index in [0.717, 1.165) is 10.1 Å². The predicted molar refractivity (Wildman–Crippen MR) is 107 cm³/mol. The number of benzene rings is 2. The van der Waals surface area contributed by atoms with E-state index in [-0.39, 0.29) is 17.9 Å². The fourth-order valence-electron chi connectivity index (χ4n) is 2.74. The molecule has 2 aromatic carbocycles. The summed E-state index contributed by atoms with van der Waals surface area (Å²) in [6.07, 6.45) is 0. The van der Waals surface area contributed by atoms with Crippen LogP contribution >= 0.6 is 11.6 Å². The number of aromatic nitrogens is 2. The normalized spacial score (nSPS) is 10.6. The number of para-hydroxylation sites is 1. The van der Waals surface area contributed by atoms with Crippen molar-refractivity contribution in [2.45, 2.75) is 6.54 Å². The van der Waals surface area contributed by atoms with Crippen LogP contribution in [0.3, 0.4) is 0 Å². The zero-order chi connectivity index (χ0) is 20.3. The summed E-state index contributed by atoms with van der Waals surface area (Å²) in [5.41, 5.74) is 5.20. The standard InChI is InChI=1S/C20H18ClN3O4/c1-23-19(26)17(15(25)12-28-16-10-6-5-9-14(16)21)18(22)24(20(23)27)11-13-7-3-2-4-8-13/h2-10H,11-12,22H2,1H3. The van der Waals surface area contributed by atoms with Crippen LogP contribution < -0.4 is 21.7 Å². The van der Waals surface area contributed by atoms with Crippen LogP contribution in [0.1, 0.15) is 15.9 Å². The minimum Gasteiger partial charge on any atom is -0.484 e. The number of ketones is 1. The number of halogens is 1. The monoisotopic (exact) mass is 399 g/mol.